The van der Waals surface area contributed by atoms with Gasteiger partial charge in [0, 0.05) is 30.6 Å². The summed E-state index contributed by atoms with van der Waals surface area (Å²) in [6, 6.07) is 3.64. The van der Waals surface area contributed by atoms with Gasteiger partial charge in [0.25, 0.3) is 5.69 Å². The average Bonchev–Trinajstić information content (AvgIpc) is 2.07. The first kappa shape index (κ1) is 10.1. The van der Waals surface area contributed by atoms with Crippen molar-refractivity contribution in [3.63, 3.8) is 0 Å². The minimum absolute atomic E-state index is 0.225. The highest BCUT2D eigenvalue weighted by Crippen LogP contribution is 2.29. The smallest absolute Gasteiger partial charge is 0.272 e. The van der Waals surface area contributed by atoms with Crippen molar-refractivity contribution in [3.8, 4) is 0 Å². The van der Waals surface area contributed by atoms with Crippen molar-refractivity contribution in [3.05, 3.63) is 38.9 Å². The molecule has 1 fully saturated rings. The number of nitrogens with zero attached hydrogens (tertiary/aromatic N) is 1. The van der Waals surface area contributed by atoms with Crippen LogP contribution in [0.4, 0.5) is 5.69 Å². The second kappa shape index (κ2) is 3.62. The third-order valence-corrected chi connectivity index (χ3v) is 3.00. The minimum atomic E-state index is -0.314. The van der Waals surface area contributed by atoms with Crippen molar-refractivity contribution in [2.24, 2.45) is 0 Å². The fourth-order valence-electron chi connectivity index (χ4n) is 1.97. The summed E-state index contributed by atoms with van der Waals surface area (Å²) in [5.74, 6) is 0.532. The van der Waals surface area contributed by atoms with E-state index in [1.165, 1.54) is 5.56 Å². The summed E-state index contributed by atoms with van der Waals surface area (Å²) >= 11 is 0. The Morgan fingerprint density at radius 3 is 2.47 bits per heavy atom. The van der Waals surface area contributed by atoms with E-state index in [9.17, 15) is 10.1 Å². The Labute approximate surface area is 88.5 Å². The van der Waals surface area contributed by atoms with Gasteiger partial charge in [-0.2, -0.15) is 0 Å². The molecule has 0 atom stereocenters. The molecule has 1 aliphatic heterocycles. The molecule has 0 spiro atoms. The van der Waals surface area contributed by atoms with Gasteiger partial charge in [0.05, 0.1) is 4.92 Å². The van der Waals surface area contributed by atoms with Gasteiger partial charge in [0.2, 0.25) is 0 Å². The highest BCUT2D eigenvalue weighted by atomic mass is 16.6. The van der Waals surface area contributed by atoms with E-state index >= 15 is 0 Å². The molecule has 0 amide bonds. The third kappa shape index (κ3) is 1.72. The quantitative estimate of drug-likeness (QED) is 0.594. The Morgan fingerprint density at radius 2 is 2.00 bits per heavy atom. The van der Waals surface area contributed by atoms with Crippen LogP contribution in [0.2, 0.25) is 0 Å². The van der Waals surface area contributed by atoms with Crippen molar-refractivity contribution < 1.29 is 4.92 Å². The van der Waals surface area contributed by atoms with Crippen LogP contribution in [-0.2, 0) is 0 Å². The van der Waals surface area contributed by atoms with E-state index in [0.717, 1.165) is 24.2 Å². The van der Waals surface area contributed by atoms with E-state index in [4.69, 9.17) is 0 Å². The molecular formula is C11H14N2O2. The predicted octanol–water partition coefficient (Wildman–Crippen LogP) is 1.90. The van der Waals surface area contributed by atoms with E-state index in [1.54, 1.807) is 13.0 Å². The van der Waals surface area contributed by atoms with E-state index in [-0.39, 0.29) is 10.6 Å². The monoisotopic (exact) mass is 206 g/mol. The van der Waals surface area contributed by atoms with Gasteiger partial charge in [0.15, 0.2) is 0 Å². The molecule has 0 unspecified atom stereocenters. The Bertz CT molecular complexity index is 411. The number of hydrogen-bond acceptors (Lipinski definition) is 3. The lowest BCUT2D eigenvalue weighted by Gasteiger charge is -2.29. The second-order valence-electron chi connectivity index (χ2n) is 4.11. The molecule has 1 N–H and O–H groups in total. The molecule has 0 aromatic heterocycles. The molecule has 0 saturated carbocycles. The summed E-state index contributed by atoms with van der Waals surface area (Å²) in [6.07, 6.45) is 0. The van der Waals surface area contributed by atoms with Gasteiger partial charge >= 0.3 is 0 Å². The number of nitro benzene ring substituents is 1. The molecule has 15 heavy (non-hydrogen) atoms. The zero-order valence-corrected chi connectivity index (χ0v) is 8.91. The van der Waals surface area contributed by atoms with Crippen LogP contribution in [0.15, 0.2) is 12.1 Å². The maximum Gasteiger partial charge on any atom is 0.272 e. The van der Waals surface area contributed by atoms with Crippen LogP contribution >= 0.6 is 0 Å². The van der Waals surface area contributed by atoms with Gasteiger partial charge in [-0.25, -0.2) is 0 Å². The van der Waals surface area contributed by atoms with E-state index in [1.807, 2.05) is 13.0 Å². The lowest BCUT2D eigenvalue weighted by atomic mass is 9.88. The Kier molecular flexibility index (Phi) is 2.44. The minimum Gasteiger partial charge on any atom is -0.315 e. The molecule has 1 aromatic carbocycles. The van der Waals surface area contributed by atoms with Crippen molar-refractivity contribution >= 4 is 5.69 Å². The molecule has 2 rings (SSSR count). The average molecular weight is 206 g/mol. The predicted molar refractivity (Wildman–Crippen MR) is 58.2 cm³/mol. The van der Waals surface area contributed by atoms with Crippen LogP contribution in [-0.4, -0.2) is 18.0 Å². The first-order chi connectivity index (χ1) is 7.09. The van der Waals surface area contributed by atoms with Crippen LogP contribution in [0.25, 0.3) is 0 Å². The van der Waals surface area contributed by atoms with E-state index < -0.39 is 0 Å². The number of aryl methyl sites for hydroxylation is 2. The molecule has 0 aliphatic carbocycles. The lowest BCUT2D eigenvalue weighted by Crippen LogP contribution is -2.40. The van der Waals surface area contributed by atoms with E-state index in [0.29, 0.717) is 5.92 Å². The molecular weight excluding hydrogens is 192 g/mol. The number of nitrogens with one attached hydrogen (secondary N) is 1. The van der Waals surface area contributed by atoms with Crippen LogP contribution in [0.3, 0.4) is 0 Å². The van der Waals surface area contributed by atoms with Gasteiger partial charge in [-0.15, -0.1) is 0 Å². The third-order valence-electron chi connectivity index (χ3n) is 3.00. The van der Waals surface area contributed by atoms with Crippen LogP contribution in [0.5, 0.6) is 0 Å². The summed E-state index contributed by atoms with van der Waals surface area (Å²) in [7, 11) is 0. The number of benzene rings is 1. The lowest BCUT2D eigenvalue weighted by molar-refractivity contribution is -0.385. The number of rotatable bonds is 2. The Morgan fingerprint density at radius 1 is 1.33 bits per heavy atom. The molecule has 1 heterocycles. The van der Waals surface area contributed by atoms with Gasteiger partial charge in [-0.1, -0.05) is 0 Å². The standard InChI is InChI=1S/C11H14N2O2/c1-7-4-11(13(14)15)8(2)3-10(7)9-5-12-6-9/h3-4,9,12H,5-6H2,1-2H3. The van der Waals surface area contributed by atoms with Crippen LogP contribution in [0.1, 0.15) is 22.6 Å². The summed E-state index contributed by atoms with van der Waals surface area (Å²) < 4.78 is 0. The first-order valence-electron chi connectivity index (χ1n) is 5.06. The van der Waals surface area contributed by atoms with Crippen molar-refractivity contribution in [2.45, 2.75) is 19.8 Å². The molecule has 80 valence electrons. The summed E-state index contributed by atoms with van der Waals surface area (Å²) in [5.41, 5.74) is 3.26. The normalized spacial score (nSPS) is 16.1. The highest BCUT2D eigenvalue weighted by molar-refractivity contribution is 5.48. The summed E-state index contributed by atoms with van der Waals surface area (Å²) in [6.45, 7) is 5.71. The van der Waals surface area contributed by atoms with Gasteiger partial charge in [0.1, 0.15) is 0 Å². The molecule has 1 aliphatic rings. The zero-order chi connectivity index (χ0) is 11.0. The van der Waals surface area contributed by atoms with Gasteiger partial charge in [-0.3, -0.25) is 10.1 Å². The maximum atomic E-state index is 10.7. The van der Waals surface area contributed by atoms with Gasteiger partial charge < -0.3 is 5.32 Å². The summed E-state index contributed by atoms with van der Waals surface area (Å²) in [4.78, 5) is 10.4. The van der Waals surface area contributed by atoms with Crippen molar-refractivity contribution in [1.82, 2.24) is 5.32 Å². The van der Waals surface area contributed by atoms with Crippen molar-refractivity contribution in [2.75, 3.05) is 13.1 Å². The zero-order valence-electron chi connectivity index (χ0n) is 8.91. The number of hydrogen-bond donors (Lipinski definition) is 1. The largest absolute Gasteiger partial charge is 0.315 e. The first-order valence-corrected chi connectivity index (χ1v) is 5.06. The molecule has 4 heteroatoms. The summed E-state index contributed by atoms with van der Waals surface area (Å²) in [5, 5.41) is 13.9. The SMILES string of the molecule is Cc1cc([N+](=O)[O-])c(C)cc1C1CNC1. The molecule has 1 aromatic rings. The fraction of sp³-hybridized carbons (Fsp3) is 0.455. The maximum absolute atomic E-state index is 10.7. The Hall–Kier alpha value is -1.42. The molecule has 0 bridgehead atoms. The van der Waals surface area contributed by atoms with E-state index in [2.05, 4.69) is 5.32 Å². The fourth-order valence-corrected chi connectivity index (χ4v) is 1.97. The van der Waals surface area contributed by atoms with Crippen molar-refractivity contribution in [1.29, 1.82) is 0 Å². The molecule has 4 nitrogen and oxygen atoms in total. The topological polar surface area (TPSA) is 55.2 Å². The Balaban J connectivity index is 2.42. The van der Waals surface area contributed by atoms with Crippen LogP contribution < -0.4 is 5.32 Å². The molecule has 0 radical (unpaired) electrons. The highest BCUT2D eigenvalue weighted by Gasteiger charge is 2.23. The van der Waals surface area contributed by atoms with Crippen LogP contribution in [0, 0.1) is 24.0 Å². The molecule has 1 saturated heterocycles. The second-order valence-corrected chi connectivity index (χ2v) is 4.11. The van der Waals surface area contributed by atoms with Gasteiger partial charge in [-0.05, 0) is 31.0 Å². The number of nitro groups is 1.